The minimum atomic E-state index is -0.317. The largest absolute Gasteiger partial charge is 0.489 e. The van der Waals surface area contributed by atoms with Gasteiger partial charge in [0.15, 0.2) is 0 Å². The fraction of sp³-hybridized carbons (Fsp3) is 0.333. The predicted molar refractivity (Wildman–Crippen MR) is 116 cm³/mol. The lowest BCUT2D eigenvalue weighted by molar-refractivity contribution is -0.0109. The van der Waals surface area contributed by atoms with Crippen molar-refractivity contribution in [3.8, 4) is 11.4 Å². The van der Waals surface area contributed by atoms with Crippen molar-refractivity contribution in [2.75, 3.05) is 18.5 Å². The fourth-order valence-corrected chi connectivity index (χ4v) is 3.72. The van der Waals surface area contributed by atoms with Crippen LogP contribution in [0.1, 0.15) is 42.2 Å². The molecule has 0 spiro atoms. The number of nitrogens with zero attached hydrogens (tertiary/aromatic N) is 2. The van der Waals surface area contributed by atoms with Crippen LogP contribution in [0.2, 0.25) is 0 Å². The zero-order valence-electron chi connectivity index (χ0n) is 17.5. The Morgan fingerprint density at radius 3 is 2.77 bits per heavy atom. The second-order valence-electron chi connectivity index (χ2n) is 7.50. The van der Waals surface area contributed by atoms with Gasteiger partial charge in [0.1, 0.15) is 18.2 Å². The number of benzene rings is 2. The van der Waals surface area contributed by atoms with Gasteiger partial charge in [-0.15, -0.1) is 0 Å². The predicted octanol–water partition coefficient (Wildman–Crippen LogP) is 4.77. The summed E-state index contributed by atoms with van der Waals surface area (Å²) in [6.07, 6.45) is 5.43. The van der Waals surface area contributed by atoms with Gasteiger partial charge in [0.2, 0.25) is 0 Å². The number of rotatable bonds is 7. The molecule has 3 aromatic rings. The molecule has 4 rings (SSSR count). The molecule has 2 aromatic carbocycles. The molecule has 1 aliphatic rings. The molecule has 1 N–H and O–H groups in total. The van der Waals surface area contributed by atoms with Gasteiger partial charge in [-0.2, -0.15) is 5.10 Å². The van der Waals surface area contributed by atoms with E-state index < -0.39 is 0 Å². The van der Waals surface area contributed by atoms with Gasteiger partial charge >= 0.3 is 0 Å². The Kier molecular flexibility index (Phi) is 6.62. The summed E-state index contributed by atoms with van der Waals surface area (Å²) in [6.45, 7) is 3.18. The molecule has 0 saturated carbocycles. The second kappa shape index (κ2) is 9.75. The first-order valence-corrected chi connectivity index (χ1v) is 10.6. The van der Waals surface area contributed by atoms with E-state index in [-0.39, 0.29) is 17.8 Å². The summed E-state index contributed by atoms with van der Waals surface area (Å²) in [4.78, 5) is 13.0. The monoisotopic (exact) mass is 423 g/mol. The molecule has 1 atom stereocenters. The molecule has 162 valence electrons. The molecule has 7 heteroatoms. The number of carbonyl (C=O) groups is 1. The van der Waals surface area contributed by atoms with Gasteiger partial charge in [-0.25, -0.2) is 9.07 Å². The highest BCUT2D eigenvalue weighted by Gasteiger charge is 2.20. The highest BCUT2D eigenvalue weighted by Crippen LogP contribution is 2.26. The Bertz CT molecular complexity index is 1030. The maximum atomic E-state index is 13.3. The number of carbonyl (C=O) groups excluding carboxylic acids is 1. The van der Waals surface area contributed by atoms with Crippen LogP contribution in [-0.4, -0.2) is 35.0 Å². The van der Waals surface area contributed by atoms with E-state index in [0.29, 0.717) is 35.7 Å². The van der Waals surface area contributed by atoms with Gasteiger partial charge in [0.05, 0.1) is 34.9 Å². The molecule has 1 aromatic heterocycles. The summed E-state index contributed by atoms with van der Waals surface area (Å²) in [6, 6.07) is 13.4. The van der Waals surface area contributed by atoms with Crippen LogP contribution in [0.5, 0.6) is 5.75 Å². The van der Waals surface area contributed by atoms with E-state index in [4.69, 9.17) is 9.47 Å². The number of hydrogen-bond acceptors (Lipinski definition) is 4. The van der Waals surface area contributed by atoms with E-state index in [9.17, 15) is 9.18 Å². The van der Waals surface area contributed by atoms with Crippen molar-refractivity contribution < 1.29 is 18.7 Å². The van der Waals surface area contributed by atoms with E-state index in [1.807, 2.05) is 31.2 Å². The van der Waals surface area contributed by atoms with Gasteiger partial charge in [0.25, 0.3) is 5.91 Å². The van der Waals surface area contributed by atoms with E-state index in [1.54, 1.807) is 16.8 Å². The van der Waals surface area contributed by atoms with Crippen LogP contribution in [-0.2, 0) is 11.2 Å². The molecule has 31 heavy (non-hydrogen) atoms. The van der Waals surface area contributed by atoms with E-state index in [2.05, 4.69) is 10.4 Å². The van der Waals surface area contributed by atoms with Crippen molar-refractivity contribution >= 4 is 11.6 Å². The standard InChI is InChI=1S/C24H26FN3O3/c1-2-22-20(15-26-28(22)18-12-10-17(25)11-13-18)24(29)27-21-8-3-4-9-23(21)31-16-19-7-5-6-14-30-19/h3-4,8-13,15,19H,2,5-7,14,16H2,1H3,(H,27,29). The van der Waals surface area contributed by atoms with E-state index >= 15 is 0 Å². The molecule has 1 amide bonds. The number of amides is 1. The Morgan fingerprint density at radius 1 is 1.23 bits per heavy atom. The third kappa shape index (κ3) is 4.94. The van der Waals surface area contributed by atoms with Crippen LogP contribution in [0.15, 0.2) is 54.7 Å². The summed E-state index contributed by atoms with van der Waals surface area (Å²) in [5, 5.41) is 7.30. The van der Waals surface area contributed by atoms with Gasteiger partial charge in [-0.3, -0.25) is 4.79 Å². The lowest BCUT2D eigenvalue weighted by atomic mass is 10.1. The first-order chi connectivity index (χ1) is 15.2. The van der Waals surface area contributed by atoms with Crippen molar-refractivity contribution in [1.82, 2.24) is 9.78 Å². The molecule has 0 aliphatic carbocycles. The van der Waals surface area contributed by atoms with Crippen LogP contribution in [0.3, 0.4) is 0 Å². The first-order valence-electron chi connectivity index (χ1n) is 10.6. The van der Waals surface area contributed by atoms with Gasteiger partial charge in [-0.1, -0.05) is 19.1 Å². The highest BCUT2D eigenvalue weighted by molar-refractivity contribution is 6.05. The quantitative estimate of drug-likeness (QED) is 0.594. The summed E-state index contributed by atoms with van der Waals surface area (Å²) < 4.78 is 26.6. The van der Waals surface area contributed by atoms with Crippen LogP contribution in [0.4, 0.5) is 10.1 Å². The molecule has 1 aliphatic heterocycles. The average Bonchev–Trinajstić information content (AvgIpc) is 3.24. The topological polar surface area (TPSA) is 65.4 Å². The van der Waals surface area contributed by atoms with Crippen molar-refractivity contribution in [3.05, 3.63) is 71.8 Å². The second-order valence-corrected chi connectivity index (χ2v) is 7.50. The zero-order chi connectivity index (χ0) is 21.6. The Hall–Kier alpha value is -3.19. The Labute approximate surface area is 181 Å². The van der Waals surface area contributed by atoms with E-state index in [1.165, 1.54) is 18.3 Å². The fourth-order valence-electron chi connectivity index (χ4n) is 3.72. The van der Waals surface area contributed by atoms with Crippen molar-refractivity contribution in [3.63, 3.8) is 0 Å². The van der Waals surface area contributed by atoms with Crippen LogP contribution >= 0.6 is 0 Å². The number of hydrogen-bond donors (Lipinski definition) is 1. The highest BCUT2D eigenvalue weighted by atomic mass is 19.1. The first kappa shape index (κ1) is 21.1. The average molecular weight is 423 g/mol. The molecular formula is C24H26FN3O3. The normalized spacial score (nSPS) is 16.1. The molecule has 1 fully saturated rings. The Balaban J connectivity index is 1.50. The van der Waals surface area contributed by atoms with Crippen molar-refractivity contribution in [1.29, 1.82) is 0 Å². The SMILES string of the molecule is CCc1c(C(=O)Nc2ccccc2OCC2CCCCO2)cnn1-c1ccc(F)cc1. The van der Waals surface area contributed by atoms with Crippen molar-refractivity contribution in [2.24, 2.45) is 0 Å². The third-order valence-corrected chi connectivity index (χ3v) is 5.35. The molecular weight excluding hydrogens is 397 g/mol. The molecule has 0 bridgehead atoms. The number of halogens is 1. The summed E-state index contributed by atoms with van der Waals surface area (Å²) in [5.74, 6) is 0.0198. The van der Waals surface area contributed by atoms with Crippen LogP contribution in [0, 0.1) is 5.82 Å². The summed E-state index contributed by atoms with van der Waals surface area (Å²) >= 11 is 0. The zero-order valence-corrected chi connectivity index (χ0v) is 17.5. The Morgan fingerprint density at radius 2 is 2.03 bits per heavy atom. The minimum absolute atomic E-state index is 0.0816. The maximum Gasteiger partial charge on any atom is 0.259 e. The maximum absolute atomic E-state index is 13.3. The van der Waals surface area contributed by atoms with Crippen LogP contribution < -0.4 is 10.1 Å². The summed E-state index contributed by atoms with van der Waals surface area (Å²) in [7, 11) is 0. The van der Waals surface area contributed by atoms with Gasteiger partial charge in [0, 0.05) is 6.61 Å². The number of anilines is 1. The van der Waals surface area contributed by atoms with Gasteiger partial charge in [-0.05, 0) is 62.1 Å². The minimum Gasteiger partial charge on any atom is -0.489 e. The number of nitrogens with one attached hydrogen (secondary N) is 1. The van der Waals surface area contributed by atoms with E-state index in [0.717, 1.165) is 31.6 Å². The summed E-state index contributed by atoms with van der Waals surface area (Å²) in [5.41, 5.74) is 2.52. The molecule has 2 heterocycles. The van der Waals surface area contributed by atoms with Crippen molar-refractivity contribution in [2.45, 2.75) is 38.7 Å². The van der Waals surface area contributed by atoms with Gasteiger partial charge < -0.3 is 14.8 Å². The molecule has 1 unspecified atom stereocenters. The molecule has 6 nitrogen and oxygen atoms in total. The number of ether oxygens (including phenoxy) is 2. The number of aromatic nitrogens is 2. The smallest absolute Gasteiger partial charge is 0.259 e. The molecule has 0 radical (unpaired) electrons. The number of para-hydroxylation sites is 2. The van der Waals surface area contributed by atoms with Crippen LogP contribution in [0.25, 0.3) is 5.69 Å². The molecule has 1 saturated heterocycles. The lowest BCUT2D eigenvalue weighted by Crippen LogP contribution is -2.26. The lowest BCUT2D eigenvalue weighted by Gasteiger charge is -2.23. The third-order valence-electron chi connectivity index (χ3n) is 5.35.